The smallest absolute Gasteiger partial charge is 0.191 e. The first-order valence-electron chi connectivity index (χ1n) is 9.31. The summed E-state index contributed by atoms with van der Waals surface area (Å²) in [6, 6.07) is 2.21. The molecule has 2 N–H and O–H groups in total. The van der Waals surface area contributed by atoms with Crippen LogP contribution in [-0.2, 0) is 20.0 Å². The van der Waals surface area contributed by atoms with Crippen molar-refractivity contribution in [3.8, 4) is 0 Å². The van der Waals surface area contributed by atoms with Crippen LogP contribution >= 0.6 is 24.0 Å². The van der Waals surface area contributed by atoms with Crippen LogP contribution in [0.1, 0.15) is 62.0 Å². The molecule has 0 aliphatic rings. The van der Waals surface area contributed by atoms with Crippen LogP contribution in [0.25, 0.3) is 0 Å². The highest BCUT2D eigenvalue weighted by atomic mass is 127. The number of aryl methyl sites for hydroxylation is 2. The average Bonchev–Trinajstić information content (AvgIpc) is 3.14. The molecule has 0 radical (unpaired) electrons. The highest BCUT2D eigenvalue weighted by Gasteiger charge is 2.14. The van der Waals surface area contributed by atoms with Gasteiger partial charge in [0.25, 0.3) is 0 Å². The van der Waals surface area contributed by atoms with Crippen molar-refractivity contribution in [3.63, 3.8) is 0 Å². The predicted molar refractivity (Wildman–Crippen MR) is 120 cm³/mol. The molecule has 0 aliphatic heterocycles. The number of guanidine groups is 1. The molecule has 0 aromatic carbocycles. The number of aliphatic imine (C=N–C) groups is 1. The molecule has 1 atom stereocenters. The van der Waals surface area contributed by atoms with Gasteiger partial charge in [-0.2, -0.15) is 5.10 Å². The molecule has 0 bridgehead atoms. The first-order chi connectivity index (χ1) is 12.3. The monoisotopic (exact) mass is 488 g/mol. The second-order valence-electron chi connectivity index (χ2n) is 7.09. The second-order valence-corrected chi connectivity index (χ2v) is 7.09. The fourth-order valence-corrected chi connectivity index (χ4v) is 2.86. The number of rotatable bonds is 7. The lowest BCUT2D eigenvalue weighted by Gasteiger charge is -2.18. The first-order valence-corrected chi connectivity index (χ1v) is 9.31. The van der Waals surface area contributed by atoms with Crippen molar-refractivity contribution < 1.29 is 4.52 Å². The Morgan fingerprint density at radius 3 is 2.52 bits per heavy atom. The third kappa shape index (κ3) is 6.51. The van der Waals surface area contributed by atoms with Crippen LogP contribution in [0.15, 0.2) is 15.6 Å². The van der Waals surface area contributed by atoms with E-state index in [2.05, 4.69) is 67.4 Å². The minimum Gasteiger partial charge on any atom is -0.359 e. The molecule has 2 rings (SSSR count). The van der Waals surface area contributed by atoms with Crippen molar-refractivity contribution in [3.05, 3.63) is 34.5 Å². The summed E-state index contributed by atoms with van der Waals surface area (Å²) in [5.74, 6) is 1.91. The average molecular weight is 488 g/mol. The molecule has 1 unspecified atom stereocenters. The van der Waals surface area contributed by atoms with Gasteiger partial charge in [-0.3, -0.25) is 4.68 Å². The zero-order valence-electron chi connectivity index (χ0n) is 17.5. The lowest BCUT2D eigenvalue weighted by Crippen LogP contribution is -2.43. The molecular formula is C19H33IN6O. The number of halogens is 1. The molecule has 0 aliphatic carbocycles. The van der Waals surface area contributed by atoms with Crippen molar-refractivity contribution in [1.29, 1.82) is 0 Å². The van der Waals surface area contributed by atoms with Crippen molar-refractivity contribution in [2.24, 2.45) is 12.0 Å². The van der Waals surface area contributed by atoms with Gasteiger partial charge in [-0.15, -0.1) is 24.0 Å². The number of hydrogen-bond donors (Lipinski definition) is 2. The van der Waals surface area contributed by atoms with Crippen LogP contribution in [0.5, 0.6) is 0 Å². The summed E-state index contributed by atoms with van der Waals surface area (Å²) in [7, 11) is 1.98. The zero-order chi connectivity index (χ0) is 19.3. The number of aromatic nitrogens is 3. The fourth-order valence-electron chi connectivity index (χ4n) is 2.86. The van der Waals surface area contributed by atoms with Gasteiger partial charge >= 0.3 is 0 Å². The Kier molecular flexibility index (Phi) is 9.28. The first kappa shape index (κ1) is 23.5. The summed E-state index contributed by atoms with van der Waals surface area (Å²) in [5, 5.41) is 15.3. The van der Waals surface area contributed by atoms with Crippen LogP contribution in [0.4, 0.5) is 0 Å². The van der Waals surface area contributed by atoms with E-state index in [0.717, 1.165) is 36.1 Å². The number of nitrogens with one attached hydrogen (secondary N) is 2. The molecule has 2 heterocycles. The summed E-state index contributed by atoms with van der Waals surface area (Å²) in [6.45, 7) is 13.8. The highest BCUT2D eigenvalue weighted by Crippen LogP contribution is 2.15. The lowest BCUT2D eigenvalue weighted by atomic mass is 10.1. The minimum absolute atomic E-state index is 0. The topological polar surface area (TPSA) is 80.3 Å². The third-order valence-corrected chi connectivity index (χ3v) is 4.46. The molecule has 2 aromatic rings. The van der Waals surface area contributed by atoms with Crippen LogP contribution in [0.2, 0.25) is 0 Å². The summed E-state index contributed by atoms with van der Waals surface area (Å²) in [5.41, 5.74) is 4.55. The second kappa shape index (κ2) is 10.7. The molecular weight excluding hydrogens is 455 g/mol. The van der Waals surface area contributed by atoms with E-state index < -0.39 is 0 Å². The molecule has 0 amide bonds. The highest BCUT2D eigenvalue weighted by molar-refractivity contribution is 14.0. The molecule has 7 nitrogen and oxygen atoms in total. The summed E-state index contributed by atoms with van der Waals surface area (Å²) in [6.07, 6.45) is 0.899. The maximum absolute atomic E-state index is 5.37. The molecule has 0 saturated heterocycles. The van der Waals surface area contributed by atoms with Gasteiger partial charge in [0.1, 0.15) is 6.54 Å². The molecule has 0 saturated carbocycles. The molecule has 0 fully saturated rings. The minimum atomic E-state index is 0. The maximum atomic E-state index is 5.37. The van der Waals surface area contributed by atoms with E-state index >= 15 is 0 Å². The van der Waals surface area contributed by atoms with Gasteiger partial charge in [-0.25, -0.2) is 4.99 Å². The van der Waals surface area contributed by atoms with Gasteiger partial charge < -0.3 is 15.2 Å². The summed E-state index contributed by atoms with van der Waals surface area (Å²) < 4.78 is 7.30. The third-order valence-electron chi connectivity index (χ3n) is 4.46. The van der Waals surface area contributed by atoms with Crippen LogP contribution < -0.4 is 10.6 Å². The molecule has 8 heteroatoms. The Morgan fingerprint density at radius 1 is 1.30 bits per heavy atom. The lowest BCUT2D eigenvalue weighted by molar-refractivity contribution is 0.376. The van der Waals surface area contributed by atoms with Crippen molar-refractivity contribution >= 4 is 29.9 Å². The Hall–Kier alpha value is -1.58. The van der Waals surface area contributed by atoms with E-state index in [1.165, 1.54) is 11.3 Å². The van der Waals surface area contributed by atoms with Gasteiger partial charge in [0.05, 0.1) is 11.4 Å². The molecule has 27 heavy (non-hydrogen) atoms. The van der Waals surface area contributed by atoms with E-state index in [-0.39, 0.29) is 30.0 Å². The van der Waals surface area contributed by atoms with Gasteiger partial charge in [0, 0.05) is 31.4 Å². The van der Waals surface area contributed by atoms with Crippen molar-refractivity contribution in [2.75, 3.05) is 6.54 Å². The van der Waals surface area contributed by atoms with Crippen LogP contribution in [-0.4, -0.2) is 33.5 Å². The Bertz CT molecular complexity index is 749. The SMILES string of the molecule is CCNC(=NCc1cc(C(C)C)no1)NC(C)Cc1c(C)nn(C)c1C.I. The Morgan fingerprint density at radius 2 is 2.00 bits per heavy atom. The molecule has 2 aromatic heterocycles. The Balaban J connectivity index is 0.00000364. The van der Waals surface area contributed by atoms with E-state index in [0.29, 0.717) is 12.5 Å². The maximum Gasteiger partial charge on any atom is 0.191 e. The zero-order valence-corrected chi connectivity index (χ0v) is 19.8. The van der Waals surface area contributed by atoms with Gasteiger partial charge in [-0.05, 0) is 45.6 Å². The normalized spacial score (nSPS) is 12.8. The predicted octanol–water partition coefficient (Wildman–Crippen LogP) is 3.45. The fraction of sp³-hybridized carbons (Fsp3) is 0.632. The van der Waals surface area contributed by atoms with Crippen LogP contribution in [0, 0.1) is 13.8 Å². The standard InChI is InChI=1S/C19H32N6O.HI/c1-8-20-19(21-11-16-10-18(12(2)3)24-26-16)22-13(4)9-17-14(5)23-25(7)15(17)6;/h10,12-13H,8-9,11H2,1-7H3,(H2,20,21,22);1H. The van der Waals surface area contributed by atoms with E-state index in [1.807, 2.05) is 17.8 Å². The van der Waals surface area contributed by atoms with Crippen molar-refractivity contribution in [1.82, 2.24) is 25.6 Å². The van der Waals surface area contributed by atoms with Gasteiger partial charge in [0.2, 0.25) is 0 Å². The Labute approximate surface area is 179 Å². The largest absolute Gasteiger partial charge is 0.359 e. The van der Waals surface area contributed by atoms with Gasteiger partial charge in [-0.1, -0.05) is 19.0 Å². The number of nitrogens with zero attached hydrogens (tertiary/aromatic N) is 4. The van der Waals surface area contributed by atoms with Crippen LogP contribution in [0.3, 0.4) is 0 Å². The summed E-state index contributed by atoms with van der Waals surface area (Å²) >= 11 is 0. The van der Waals surface area contributed by atoms with Gasteiger partial charge in [0.15, 0.2) is 11.7 Å². The van der Waals surface area contributed by atoms with Crippen molar-refractivity contribution in [2.45, 2.75) is 66.5 Å². The molecule has 0 spiro atoms. The molecule has 152 valence electrons. The number of hydrogen-bond acceptors (Lipinski definition) is 4. The quantitative estimate of drug-likeness (QED) is 0.355. The summed E-state index contributed by atoms with van der Waals surface area (Å²) in [4.78, 5) is 4.63. The van der Waals surface area contributed by atoms with E-state index in [4.69, 9.17) is 4.52 Å². The van der Waals surface area contributed by atoms with E-state index in [9.17, 15) is 0 Å². The van der Waals surface area contributed by atoms with E-state index in [1.54, 1.807) is 0 Å².